The largest absolute Gasteiger partial charge is 0.384 e. The van der Waals surface area contributed by atoms with Crippen LogP contribution in [0.3, 0.4) is 0 Å². The highest BCUT2D eigenvalue weighted by molar-refractivity contribution is 7.99. The van der Waals surface area contributed by atoms with Crippen LogP contribution in [0.4, 0.5) is 0 Å². The highest BCUT2D eigenvalue weighted by Crippen LogP contribution is 2.17. The summed E-state index contributed by atoms with van der Waals surface area (Å²) in [5, 5.41) is 8.71. The molecular formula is C15H21NO3S2. The van der Waals surface area contributed by atoms with Crippen molar-refractivity contribution in [3.05, 3.63) is 29.3 Å². The third kappa shape index (κ3) is 5.71. The van der Waals surface area contributed by atoms with Crippen LogP contribution in [-0.2, 0) is 10.0 Å². The quantitative estimate of drug-likeness (QED) is 0.781. The van der Waals surface area contributed by atoms with Crippen LogP contribution in [0.5, 0.6) is 0 Å². The Hall–Kier alpha value is -1.00. The molecule has 0 aliphatic carbocycles. The van der Waals surface area contributed by atoms with Crippen molar-refractivity contribution in [2.45, 2.75) is 31.7 Å². The van der Waals surface area contributed by atoms with Crippen molar-refractivity contribution in [1.29, 1.82) is 0 Å². The Morgan fingerprint density at radius 2 is 2.14 bits per heavy atom. The van der Waals surface area contributed by atoms with E-state index in [0.29, 0.717) is 11.1 Å². The molecule has 0 amide bonds. The molecule has 2 N–H and O–H groups in total. The molecule has 1 rings (SSSR count). The van der Waals surface area contributed by atoms with E-state index in [1.807, 2.05) is 13.8 Å². The van der Waals surface area contributed by atoms with Gasteiger partial charge in [-0.3, -0.25) is 0 Å². The normalized spacial score (nSPS) is 12.6. The van der Waals surface area contributed by atoms with Crippen molar-refractivity contribution >= 4 is 21.8 Å². The van der Waals surface area contributed by atoms with Crippen LogP contribution in [0.15, 0.2) is 23.1 Å². The molecule has 0 bridgehead atoms. The molecule has 0 aliphatic rings. The van der Waals surface area contributed by atoms with E-state index in [2.05, 4.69) is 16.6 Å². The summed E-state index contributed by atoms with van der Waals surface area (Å²) in [5.41, 5.74) is 1.25. The molecule has 1 aromatic carbocycles. The van der Waals surface area contributed by atoms with Crippen molar-refractivity contribution in [2.24, 2.45) is 0 Å². The van der Waals surface area contributed by atoms with Gasteiger partial charge in [-0.25, -0.2) is 13.1 Å². The first-order valence-electron chi connectivity index (χ1n) is 6.71. The minimum Gasteiger partial charge on any atom is -0.384 e. The van der Waals surface area contributed by atoms with Crippen molar-refractivity contribution in [3.8, 4) is 11.8 Å². The van der Waals surface area contributed by atoms with Crippen molar-refractivity contribution < 1.29 is 13.5 Å². The first-order chi connectivity index (χ1) is 9.90. The van der Waals surface area contributed by atoms with Crippen LogP contribution in [0, 0.1) is 18.8 Å². The number of sulfonamides is 1. The Kier molecular flexibility index (Phi) is 7.26. The summed E-state index contributed by atoms with van der Waals surface area (Å²) >= 11 is 1.69. The predicted octanol–water partition coefficient (Wildman–Crippen LogP) is 1.76. The van der Waals surface area contributed by atoms with E-state index in [4.69, 9.17) is 5.11 Å². The van der Waals surface area contributed by atoms with Crippen LogP contribution >= 0.6 is 11.8 Å². The van der Waals surface area contributed by atoms with Gasteiger partial charge in [-0.05, 0) is 37.3 Å². The molecule has 0 spiro atoms. The topological polar surface area (TPSA) is 66.4 Å². The molecule has 21 heavy (non-hydrogen) atoms. The van der Waals surface area contributed by atoms with Crippen LogP contribution in [0.1, 0.15) is 25.0 Å². The number of hydrogen-bond acceptors (Lipinski definition) is 4. The van der Waals surface area contributed by atoms with Gasteiger partial charge in [-0.2, -0.15) is 11.8 Å². The van der Waals surface area contributed by atoms with E-state index >= 15 is 0 Å². The number of hydrogen-bond donors (Lipinski definition) is 2. The van der Waals surface area contributed by atoms with Crippen LogP contribution in [0.25, 0.3) is 0 Å². The third-order valence-corrected chi connectivity index (χ3v) is 5.59. The lowest BCUT2D eigenvalue weighted by molar-refractivity contribution is 0.350. The Labute approximate surface area is 131 Å². The minimum atomic E-state index is -3.56. The smallest absolute Gasteiger partial charge is 0.241 e. The van der Waals surface area contributed by atoms with E-state index < -0.39 is 10.0 Å². The zero-order chi connectivity index (χ0) is 15.9. The van der Waals surface area contributed by atoms with Crippen molar-refractivity contribution in [2.75, 3.05) is 18.1 Å². The zero-order valence-corrected chi connectivity index (χ0v) is 14.1. The molecule has 0 saturated carbocycles. The molecule has 6 heteroatoms. The molecule has 0 saturated heterocycles. The molecule has 0 radical (unpaired) electrons. The molecule has 116 valence electrons. The van der Waals surface area contributed by atoms with Gasteiger partial charge in [0.1, 0.15) is 6.61 Å². The van der Waals surface area contributed by atoms with E-state index in [9.17, 15) is 8.42 Å². The maximum absolute atomic E-state index is 12.4. The lowest BCUT2D eigenvalue weighted by Gasteiger charge is -2.15. The second-order valence-corrected chi connectivity index (χ2v) is 7.62. The van der Waals surface area contributed by atoms with Gasteiger partial charge < -0.3 is 5.11 Å². The van der Waals surface area contributed by atoms with Gasteiger partial charge in [0.05, 0.1) is 4.90 Å². The third-order valence-electron chi connectivity index (χ3n) is 2.72. The Morgan fingerprint density at radius 3 is 2.76 bits per heavy atom. The maximum Gasteiger partial charge on any atom is 0.241 e. The molecule has 0 heterocycles. The summed E-state index contributed by atoms with van der Waals surface area (Å²) in [6.45, 7) is 5.40. The summed E-state index contributed by atoms with van der Waals surface area (Å²) in [5.74, 6) is 6.93. The SMILES string of the molecule is CCSCC(C)NS(=O)(=O)c1cc(C#CCO)ccc1C. The summed E-state index contributed by atoms with van der Waals surface area (Å²) < 4.78 is 27.6. The average Bonchev–Trinajstić information content (AvgIpc) is 2.43. The van der Waals surface area contributed by atoms with Gasteiger partial charge in [0.15, 0.2) is 0 Å². The Morgan fingerprint density at radius 1 is 1.43 bits per heavy atom. The fourth-order valence-electron chi connectivity index (χ4n) is 1.77. The van der Waals surface area contributed by atoms with Gasteiger partial charge in [-0.15, -0.1) is 0 Å². The zero-order valence-electron chi connectivity index (χ0n) is 12.5. The number of rotatable bonds is 6. The second-order valence-electron chi connectivity index (χ2n) is 4.62. The number of aliphatic hydroxyl groups excluding tert-OH is 1. The summed E-state index contributed by atoms with van der Waals surface area (Å²) in [7, 11) is -3.56. The number of nitrogens with one attached hydrogen (secondary N) is 1. The lowest BCUT2D eigenvalue weighted by Crippen LogP contribution is -2.34. The van der Waals surface area contributed by atoms with Crippen LogP contribution in [-0.4, -0.2) is 37.7 Å². The van der Waals surface area contributed by atoms with Crippen LogP contribution < -0.4 is 4.72 Å². The molecular weight excluding hydrogens is 306 g/mol. The fraction of sp³-hybridized carbons (Fsp3) is 0.467. The van der Waals surface area contributed by atoms with Gasteiger partial charge >= 0.3 is 0 Å². The Balaban J connectivity index is 3.01. The number of benzene rings is 1. The van der Waals surface area contributed by atoms with E-state index in [1.165, 1.54) is 0 Å². The molecule has 1 aromatic rings. The van der Waals surface area contributed by atoms with Gasteiger partial charge in [0.2, 0.25) is 10.0 Å². The van der Waals surface area contributed by atoms with E-state index in [0.717, 1.165) is 11.5 Å². The minimum absolute atomic E-state index is 0.133. The molecule has 1 unspecified atom stereocenters. The van der Waals surface area contributed by atoms with E-state index in [1.54, 1.807) is 36.9 Å². The average molecular weight is 327 g/mol. The van der Waals surface area contributed by atoms with Gasteiger partial charge in [0, 0.05) is 17.4 Å². The first kappa shape index (κ1) is 18.1. The van der Waals surface area contributed by atoms with Crippen molar-refractivity contribution in [3.63, 3.8) is 0 Å². The highest BCUT2D eigenvalue weighted by atomic mass is 32.2. The first-order valence-corrected chi connectivity index (χ1v) is 9.35. The maximum atomic E-state index is 12.4. The summed E-state index contributed by atoms with van der Waals surface area (Å²) in [6, 6.07) is 4.88. The lowest BCUT2D eigenvalue weighted by atomic mass is 10.1. The van der Waals surface area contributed by atoms with Crippen LogP contribution in [0.2, 0.25) is 0 Å². The van der Waals surface area contributed by atoms with Gasteiger partial charge in [-0.1, -0.05) is 24.8 Å². The summed E-state index contributed by atoms with van der Waals surface area (Å²) in [6.07, 6.45) is 0. The fourth-order valence-corrected chi connectivity index (χ4v) is 4.06. The highest BCUT2D eigenvalue weighted by Gasteiger charge is 2.19. The number of aryl methyl sites for hydroxylation is 1. The standard InChI is InChI=1S/C15H21NO3S2/c1-4-20-11-13(3)16-21(18,19)15-10-14(6-5-9-17)8-7-12(15)2/h7-8,10,13,16-17H,4,9,11H2,1-3H3. The van der Waals surface area contributed by atoms with E-state index in [-0.39, 0.29) is 17.5 Å². The number of thioether (sulfide) groups is 1. The predicted molar refractivity (Wildman–Crippen MR) is 87.9 cm³/mol. The molecule has 0 fully saturated rings. The molecule has 0 aromatic heterocycles. The van der Waals surface area contributed by atoms with Crippen molar-refractivity contribution in [1.82, 2.24) is 4.72 Å². The summed E-state index contributed by atoms with van der Waals surface area (Å²) in [4.78, 5) is 0.237. The second kappa shape index (κ2) is 8.44. The number of aliphatic hydroxyl groups is 1. The Bertz CT molecular complexity index is 630. The molecule has 0 aliphatic heterocycles. The van der Waals surface area contributed by atoms with Gasteiger partial charge in [0.25, 0.3) is 0 Å². The monoisotopic (exact) mass is 327 g/mol. The molecule has 1 atom stereocenters. The molecule has 4 nitrogen and oxygen atoms in total.